The standard InChI is InChI=1S/C10H20N4O2S2/c1-7(6-17-4)14(3)18(15,16)10-9(5-11)8(2)12-13-10/h7H,5-6,11H2,1-4H3,(H,12,13). The molecule has 0 saturated heterocycles. The molecule has 18 heavy (non-hydrogen) atoms. The lowest BCUT2D eigenvalue weighted by atomic mass is 10.3. The first-order valence-electron chi connectivity index (χ1n) is 5.57. The summed E-state index contributed by atoms with van der Waals surface area (Å²) in [7, 11) is -2.01. The molecule has 0 radical (unpaired) electrons. The number of thioether (sulfide) groups is 1. The van der Waals surface area contributed by atoms with Gasteiger partial charge >= 0.3 is 0 Å². The van der Waals surface area contributed by atoms with Gasteiger partial charge in [0.2, 0.25) is 0 Å². The van der Waals surface area contributed by atoms with Crippen molar-refractivity contribution in [1.29, 1.82) is 0 Å². The zero-order valence-corrected chi connectivity index (χ0v) is 12.7. The van der Waals surface area contributed by atoms with E-state index in [4.69, 9.17) is 5.73 Å². The van der Waals surface area contributed by atoms with Crippen molar-refractivity contribution in [2.75, 3.05) is 19.1 Å². The van der Waals surface area contributed by atoms with E-state index >= 15 is 0 Å². The molecule has 1 aromatic heterocycles. The van der Waals surface area contributed by atoms with Crippen molar-refractivity contribution in [2.45, 2.75) is 31.5 Å². The lowest BCUT2D eigenvalue weighted by molar-refractivity contribution is 0.412. The van der Waals surface area contributed by atoms with E-state index in [1.165, 1.54) is 4.31 Å². The molecule has 0 aliphatic carbocycles. The van der Waals surface area contributed by atoms with Crippen molar-refractivity contribution >= 4 is 21.8 Å². The van der Waals surface area contributed by atoms with Gasteiger partial charge in [0.05, 0.1) is 0 Å². The van der Waals surface area contributed by atoms with Crippen molar-refractivity contribution < 1.29 is 8.42 Å². The summed E-state index contributed by atoms with van der Waals surface area (Å²) in [6, 6.07) is -0.0902. The Hall–Kier alpha value is -0.570. The first-order chi connectivity index (χ1) is 8.36. The Bertz CT molecular complexity index is 498. The van der Waals surface area contributed by atoms with E-state index in [-0.39, 0.29) is 17.6 Å². The Balaban J connectivity index is 3.13. The topological polar surface area (TPSA) is 92.1 Å². The van der Waals surface area contributed by atoms with Crippen LogP contribution in [-0.2, 0) is 16.6 Å². The van der Waals surface area contributed by atoms with E-state index in [0.717, 1.165) is 5.75 Å². The molecule has 0 aromatic carbocycles. The van der Waals surface area contributed by atoms with Gasteiger partial charge in [0.1, 0.15) is 0 Å². The molecule has 1 aromatic rings. The maximum atomic E-state index is 12.4. The number of nitrogens with one attached hydrogen (secondary N) is 1. The van der Waals surface area contributed by atoms with Crippen molar-refractivity contribution in [2.24, 2.45) is 5.73 Å². The minimum absolute atomic E-state index is 0.0398. The summed E-state index contributed by atoms with van der Waals surface area (Å²) in [4.78, 5) is 0. The van der Waals surface area contributed by atoms with Gasteiger partial charge in [0, 0.05) is 36.6 Å². The molecule has 0 bridgehead atoms. The third-order valence-electron chi connectivity index (χ3n) is 2.89. The minimum atomic E-state index is -3.58. The van der Waals surface area contributed by atoms with Gasteiger partial charge < -0.3 is 5.73 Å². The fraction of sp³-hybridized carbons (Fsp3) is 0.700. The number of aryl methyl sites for hydroxylation is 1. The first kappa shape index (κ1) is 15.5. The van der Waals surface area contributed by atoms with Crippen LogP contribution in [0.25, 0.3) is 0 Å². The monoisotopic (exact) mass is 292 g/mol. The molecule has 0 saturated carbocycles. The van der Waals surface area contributed by atoms with E-state index < -0.39 is 10.0 Å². The first-order valence-corrected chi connectivity index (χ1v) is 8.40. The molecule has 1 unspecified atom stereocenters. The summed E-state index contributed by atoms with van der Waals surface area (Å²) in [5, 5.41) is 6.60. The highest BCUT2D eigenvalue weighted by Crippen LogP contribution is 2.21. The zero-order valence-electron chi connectivity index (χ0n) is 11.1. The SMILES string of the molecule is CSCC(C)N(C)S(=O)(=O)c1n[nH]c(C)c1CN. The maximum absolute atomic E-state index is 12.4. The molecule has 0 spiro atoms. The normalized spacial score (nSPS) is 14.1. The maximum Gasteiger partial charge on any atom is 0.262 e. The number of aromatic nitrogens is 2. The van der Waals surface area contributed by atoms with E-state index in [1.807, 2.05) is 13.2 Å². The highest BCUT2D eigenvalue weighted by atomic mass is 32.2. The quantitative estimate of drug-likeness (QED) is 0.799. The van der Waals surface area contributed by atoms with Crippen molar-refractivity contribution in [3.05, 3.63) is 11.3 Å². The molecular weight excluding hydrogens is 272 g/mol. The second kappa shape index (κ2) is 6.05. The number of hydrogen-bond acceptors (Lipinski definition) is 5. The molecule has 1 heterocycles. The fourth-order valence-electron chi connectivity index (χ4n) is 1.60. The predicted molar refractivity (Wildman–Crippen MR) is 74.0 cm³/mol. The van der Waals surface area contributed by atoms with E-state index in [1.54, 1.807) is 25.7 Å². The summed E-state index contributed by atoms with van der Waals surface area (Å²) < 4.78 is 26.2. The fourth-order valence-corrected chi connectivity index (χ4v) is 3.93. The average molecular weight is 292 g/mol. The van der Waals surface area contributed by atoms with Crippen molar-refractivity contribution in [1.82, 2.24) is 14.5 Å². The lowest BCUT2D eigenvalue weighted by Crippen LogP contribution is -2.37. The Morgan fingerprint density at radius 2 is 2.17 bits per heavy atom. The van der Waals surface area contributed by atoms with Crippen LogP contribution in [-0.4, -0.2) is 48.0 Å². The number of nitrogens with zero attached hydrogens (tertiary/aromatic N) is 2. The minimum Gasteiger partial charge on any atom is -0.326 e. The Kier molecular flexibility index (Phi) is 5.20. The van der Waals surface area contributed by atoms with Gasteiger partial charge in [-0.2, -0.15) is 21.2 Å². The Morgan fingerprint density at radius 1 is 1.56 bits per heavy atom. The van der Waals surface area contributed by atoms with Crippen LogP contribution in [0.5, 0.6) is 0 Å². The smallest absolute Gasteiger partial charge is 0.262 e. The van der Waals surface area contributed by atoms with Crippen LogP contribution in [0.1, 0.15) is 18.2 Å². The molecule has 3 N–H and O–H groups in total. The zero-order chi connectivity index (χ0) is 13.9. The van der Waals surface area contributed by atoms with Crippen LogP contribution < -0.4 is 5.73 Å². The van der Waals surface area contributed by atoms with Gasteiger partial charge in [-0.1, -0.05) is 0 Å². The molecule has 1 atom stereocenters. The summed E-state index contributed by atoms with van der Waals surface area (Å²) in [6.45, 7) is 3.79. The lowest BCUT2D eigenvalue weighted by Gasteiger charge is -2.23. The summed E-state index contributed by atoms with van der Waals surface area (Å²) in [5.74, 6) is 0.733. The molecule has 0 aliphatic rings. The number of aromatic amines is 1. The summed E-state index contributed by atoms with van der Waals surface area (Å²) in [5.41, 5.74) is 6.83. The largest absolute Gasteiger partial charge is 0.326 e. The second-order valence-electron chi connectivity index (χ2n) is 4.16. The van der Waals surface area contributed by atoms with Crippen molar-refractivity contribution in [3.8, 4) is 0 Å². The number of sulfonamides is 1. The van der Waals surface area contributed by atoms with Crippen LogP contribution in [0.2, 0.25) is 0 Å². The van der Waals surface area contributed by atoms with Crippen LogP contribution >= 0.6 is 11.8 Å². The van der Waals surface area contributed by atoms with Crippen LogP contribution in [0.4, 0.5) is 0 Å². The van der Waals surface area contributed by atoms with E-state index in [2.05, 4.69) is 10.2 Å². The molecule has 104 valence electrons. The Morgan fingerprint density at radius 3 is 2.67 bits per heavy atom. The van der Waals surface area contributed by atoms with Gasteiger partial charge in [0.25, 0.3) is 10.0 Å². The molecule has 0 aliphatic heterocycles. The number of hydrogen-bond donors (Lipinski definition) is 2. The molecule has 1 rings (SSSR count). The molecule has 8 heteroatoms. The van der Waals surface area contributed by atoms with Gasteiger partial charge in [-0.3, -0.25) is 5.10 Å². The summed E-state index contributed by atoms with van der Waals surface area (Å²) in [6.07, 6.45) is 1.95. The van der Waals surface area contributed by atoms with Crippen LogP contribution in [0.3, 0.4) is 0 Å². The van der Waals surface area contributed by atoms with Gasteiger partial charge in [-0.15, -0.1) is 0 Å². The van der Waals surface area contributed by atoms with E-state index in [0.29, 0.717) is 11.3 Å². The predicted octanol–water partition coefficient (Wildman–Crippen LogP) is 0.549. The number of H-pyrrole nitrogens is 1. The third-order valence-corrected chi connectivity index (χ3v) is 5.65. The number of nitrogens with two attached hydrogens (primary N) is 1. The number of rotatable bonds is 6. The second-order valence-corrected chi connectivity index (χ2v) is 6.99. The van der Waals surface area contributed by atoms with Gasteiger partial charge in [-0.05, 0) is 20.1 Å². The summed E-state index contributed by atoms with van der Waals surface area (Å²) >= 11 is 1.61. The molecule has 0 amide bonds. The highest BCUT2D eigenvalue weighted by molar-refractivity contribution is 7.98. The third kappa shape index (κ3) is 2.87. The van der Waals surface area contributed by atoms with E-state index in [9.17, 15) is 8.42 Å². The molecule has 0 fully saturated rings. The van der Waals surface area contributed by atoms with Gasteiger partial charge in [-0.25, -0.2) is 8.42 Å². The average Bonchev–Trinajstić information content (AvgIpc) is 2.70. The van der Waals surface area contributed by atoms with Crippen LogP contribution in [0, 0.1) is 6.92 Å². The van der Waals surface area contributed by atoms with Crippen LogP contribution in [0.15, 0.2) is 5.03 Å². The van der Waals surface area contributed by atoms with Crippen molar-refractivity contribution in [3.63, 3.8) is 0 Å². The molecule has 6 nitrogen and oxygen atoms in total. The Labute approximate surface area is 112 Å². The van der Waals surface area contributed by atoms with Gasteiger partial charge in [0.15, 0.2) is 5.03 Å². The molecular formula is C10H20N4O2S2. The highest BCUT2D eigenvalue weighted by Gasteiger charge is 2.30.